The topological polar surface area (TPSA) is 29.3 Å². The first-order valence-electron chi connectivity index (χ1n) is 13.3. The van der Waals surface area contributed by atoms with Crippen LogP contribution in [0.3, 0.4) is 0 Å². The number of nitrogens with zero attached hydrogens (tertiary/aromatic N) is 2. The predicted octanol–water partition coefficient (Wildman–Crippen LogP) is 10.7. The molecule has 0 amide bonds. The van der Waals surface area contributed by atoms with Crippen LogP contribution in [0.15, 0.2) is 144 Å². The van der Waals surface area contributed by atoms with Crippen molar-refractivity contribution in [3.05, 3.63) is 140 Å². The highest BCUT2D eigenvalue weighted by molar-refractivity contribution is 7.21. The standard InChI is InChI=1S/C36H26N2OS/c1-2-23-38(31-21-17-27(18-22-31)34-24-29-7-3-5-9-33(29)39-34)30-19-15-26(16-20-30)25-11-13-28(14-12-25)36-37-32-8-4-6-10-35(32)40-36/h2-24H,1H3/b23-2+. The Morgan fingerprint density at radius 1 is 0.650 bits per heavy atom. The molecular weight excluding hydrogens is 508 g/mol. The molecule has 0 aliphatic carbocycles. The number of rotatable bonds is 6. The lowest BCUT2D eigenvalue weighted by Crippen LogP contribution is -2.08. The van der Waals surface area contributed by atoms with Gasteiger partial charge in [0.15, 0.2) is 0 Å². The molecule has 2 aromatic heterocycles. The molecule has 0 atom stereocenters. The van der Waals surface area contributed by atoms with Crippen molar-refractivity contribution in [2.45, 2.75) is 6.92 Å². The highest BCUT2D eigenvalue weighted by Crippen LogP contribution is 2.34. The Labute approximate surface area is 237 Å². The molecule has 0 aliphatic heterocycles. The zero-order chi connectivity index (χ0) is 26.9. The van der Waals surface area contributed by atoms with E-state index in [1.807, 2.05) is 31.2 Å². The molecule has 0 radical (unpaired) electrons. The third-order valence-electron chi connectivity index (χ3n) is 7.06. The van der Waals surface area contributed by atoms with Crippen molar-refractivity contribution < 1.29 is 4.42 Å². The number of benzene rings is 5. The number of para-hydroxylation sites is 2. The molecule has 4 heteroatoms. The number of aromatic nitrogens is 1. The highest BCUT2D eigenvalue weighted by Gasteiger charge is 2.11. The van der Waals surface area contributed by atoms with Gasteiger partial charge in [0.25, 0.3) is 0 Å². The SMILES string of the molecule is C/C=C/N(c1ccc(-c2ccc(-c3nc4ccccc4s3)cc2)cc1)c1ccc(-c2cc3ccccc3o2)cc1. The smallest absolute Gasteiger partial charge is 0.135 e. The number of anilines is 2. The third kappa shape index (κ3) is 4.59. The predicted molar refractivity (Wildman–Crippen MR) is 169 cm³/mol. The minimum Gasteiger partial charge on any atom is -0.456 e. The van der Waals surface area contributed by atoms with Gasteiger partial charge in [-0.3, -0.25) is 0 Å². The van der Waals surface area contributed by atoms with Crippen molar-refractivity contribution in [1.29, 1.82) is 0 Å². The van der Waals surface area contributed by atoms with Crippen molar-refractivity contribution in [2.24, 2.45) is 0 Å². The molecule has 7 aromatic rings. The molecule has 3 nitrogen and oxygen atoms in total. The first-order chi connectivity index (χ1) is 19.7. The van der Waals surface area contributed by atoms with Crippen LogP contribution in [0.5, 0.6) is 0 Å². The maximum absolute atomic E-state index is 6.06. The number of thiazole rings is 1. The van der Waals surface area contributed by atoms with Crippen LogP contribution in [0.2, 0.25) is 0 Å². The lowest BCUT2D eigenvalue weighted by molar-refractivity contribution is 0.631. The van der Waals surface area contributed by atoms with Gasteiger partial charge >= 0.3 is 0 Å². The zero-order valence-electron chi connectivity index (χ0n) is 22.0. The summed E-state index contributed by atoms with van der Waals surface area (Å²) in [4.78, 5) is 6.99. The fraction of sp³-hybridized carbons (Fsp3) is 0.0278. The number of allylic oxidation sites excluding steroid dienone is 1. The number of hydrogen-bond donors (Lipinski definition) is 0. The molecule has 5 aromatic carbocycles. The van der Waals surface area contributed by atoms with Gasteiger partial charge in [0.1, 0.15) is 16.4 Å². The maximum Gasteiger partial charge on any atom is 0.135 e. The van der Waals surface area contributed by atoms with Crippen LogP contribution < -0.4 is 4.90 Å². The van der Waals surface area contributed by atoms with Crippen molar-refractivity contribution in [3.8, 4) is 33.0 Å². The van der Waals surface area contributed by atoms with Crippen molar-refractivity contribution >= 4 is 43.9 Å². The van der Waals surface area contributed by atoms with Crippen LogP contribution >= 0.6 is 11.3 Å². The van der Waals surface area contributed by atoms with Gasteiger partial charge in [-0.05, 0) is 78.7 Å². The van der Waals surface area contributed by atoms with E-state index in [0.29, 0.717) is 0 Å². The maximum atomic E-state index is 6.06. The summed E-state index contributed by atoms with van der Waals surface area (Å²) in [5.74, 6) is 0.879. The third-order valence-corrected chi connectivity index (χ3v) is 8.14. The quantitative estimate of drug-likeness (QED) is 0.212. The molecule has 0 aliphatic rings. The lowest BCUT2D eigenvalue weighted by atomic mass is 10.0. The van der Waals surface area contributed by atoms with Gasteiger partial charge in [0, 0.05) is 34.1 Å². The van der Waals surface area contributed by atoms with E-state index in [0.717, 1.165) is 49.8 Å². The first-order valence-corrected chi connectivity index (χ1v) is 14.1. The molecular formula is C36H26N2OS. The van der Waals surface area contributed by atoms with Gasteiger partial charge in [-0.1, -0.05) is 72.8 Å². The molecule has 40 heavy (non-hydrogen) atoms. The summed E-state index contributed by atoms with van der Waals surface area (Å²) in [7, 11) is 0. The summed E-state index contributed by atoms with van der Waals surface area (Å²) in [6.45, 7) is 2.04. The van der Waals surface area contributed by atoms with Gasteiger partial charge in [0.05, 0.1) is 10.2 Å². The molecule has 2 heterocycles. The molecule has 7 rings (SSSR count). The van der Waals surface area contributed by atoms with Crippen LogP contribution in [-0.2, 0) is 0 Å². The van der Waals surface area contributed by atoms with Crippen LogP contribution in [-0.4, -0.2) is 4.98 Å². The van der Waals surface area contributed by atoms with Crippen LogP contribution in [0, 0.1) is 0 Å². The Morgan fingerprint density at radius 3 is 1.93 bits per heavy atom. The number of hydrogen-bond acceptors (Lipinski definition) is 4. The molecule has 0 fully saturated rings. The van der Waals surface area contributed by atoms with Crippen LogP contribution in [0.25, 0.3) is 54.2 Å². The van der Waals surface area contributed by atoms with Gasteiger partial charge in [0.2, 0.25) is 0 Å². The van der Waals surface area contributed by atoms with Gasteiger partial charge in [-0.15, -0.1) is 11.3 Å². The Hall–Kier alpha value is -4.93. The second-order valence-corrected chi connectivity index (χ2v) is 10.7. The molecule has 0 spiro atoms. The lowest BCUT2D eigenvalue weighted by Gasteiger charge is -2.21. The van der Waals surface area contributed by atoms with E-state index < -0.39 is 0 Å². The van der Waals surface area contributed by atoms with Crippen molar-refractivity contribution in [3.63, 3.8) is 0 Å². The largest absolute Gasteiger partial charge is 0.456 e. The number of furan rings is 1. The van der Waals surface area contributed by atoms with Crippen LogP contribution in [0.1, 0.15) is 6.92 Å². The first kappa shape index (κ1) is 24.1. The Bertz CT molecular complexity index is 1880. The normalized spacial score (nSPS) is 11.5. The van der Waals surface area contributed by atoms with E-state index >= 15 is 0 Å². The van der Waals surface area contributed by atoms with Gasteiger partial charge < -0.3 is 9.32 Å². The summed E-state index contributed by atoms with van der Waals surface area (Å²) in [5, 5.41) is 2.17. The summed E-state index contributed by atoms with van der Waals surface area (Å²) >= 11 is 1.73. The second kappa shape index (κ2) is 10.3. The van der Waals surface area contributed by atoms with Crippen molar-refractivity contribution in [1.82, 2.24) is 4.98 Å². The molecule has 0 saturated carbocycles. The number of fused-ring (bicyclic) bond motifs is 2. The van der Waals surface area contributed by atoms with E-state index in [-0.39, 0.29) is 0 Å². The Morgan fingerprint density at radius 2 is 1.25 bits per heavy atom. The fourth-order valence-corrected chi connectivity index (χ4v) is 5.97. The summed E-state index contributed by atoms with van der Waals surface area (Å²) in [6.07, 6.45) is 4.15. The summed E-state index contributed by atoms with van der Waals surface area (Å²) in [6, 6.07) is 44.4. The van der Waals surface area contributed by atoms with Crippen LogP contribution in [0.4, 0.5) is 11.4 Å². The minimum atomic E-state index is 0.879. The molecule has 0 N–H and O–H groups in total. The van der Waals surface area contributed by atoms with Gasteiger partial charge in [-0.25, -0.2) is 4.98 Å². The summed E-state index contributed by atoms with van der Waals surface area (Å²) in [5.41, 5.74) is 8.72. The monoisotopic (exact) mass is 534 g/mol. The molecule has 0 saturated heterocycles. The summed E-state index contributed by atoms with van der Waals surface area (Å²) < 4.78 is 7.27. The Kier molecular flexibility index (Phi) is 6.23. The fourth-order valence-electron chi connectivity index (χ4n) is 5.00. The molecule has 0 unspecified atom stereocenters. The minimum absolute atomic E-state index is 0.879. The van der Waals surface area contributed by atoms with E-state index in [4.69, 9.17) is 9.40 Å². The second-order valence-electron chi connectivity index (χ2n) is 9.66. The van der Waals surface area contributed by atoms with Crippen molar-refractivity contribution in [2.75, 3.05) is 4.90 Å². The average molecular weight is 535 g/mol. The zero-order valence-corrected chi connectivity index (χ0v) is 22.8. The molecule has 192 valence electrons. The van der Waals surface area contributed by atoms with Gasteiger partial charge in [-0.2, -0.15) is 0 Å². The average Bonchev–Trinajstić information content (AvgIpc) is 3.65. The van der Waals surface area contributed by atoms with E-state index in [9.17, 15) is 0 Å². The van der Waals surface area contributed by atoms with E-state index in [1.54, 1.807) is 11.3 Å². The highest BCUT2D eigenvalue weighted by atomic mass is 32.1. The Balaban J connectivity index is 1.12. The van der Waals surface area contributed by atoms with E-state index in [1.165, 1.54) is 15.8 Å². The van der Waals surface area contributed by atoms with E-state index in [2.05, 4.69) is 120 Å². The molecule has 0 bridgehead atoms.